The summed E-state index contributed by atoms with van der Waals surface area (Å²) in [6.45, 7) is 2.16. The minimum absolute atomic E-state index is 0.0547. The van der Waals surface area contributed by atoms with Crippen LogP contribution in [0.1, 0.15) is 30.1 Å². The molecule has 1 aromatic rings. The predicted molar refractivity (Wildman–Crippen MR) is 61.7 cm³/mol. The molecule has 0 spiro atoms. The summed E-state index contributed by atoms with van der Waals surface area (Å²) in [5.74, 6) is 0.760. The van der Waals surface area contributed by atoms with Crippen molar-refractivity contribution >= 4 is 33.2 Å². The van der Waals surface area contributed by atoms with Gasteiger partial charge in [0.2, 0.25) is 0 Å². The molecule has 4 heteroatoms. The van der Waals surface area contributed by atoms with Crippen molar-refractivity contribution in [1.29, 1.82) is 0 Å². The molecule has 2 unspecified atom stereocenters. The number of rotatable bonds is 3. The SMILES string of the molecule is CCC1CC1NC(=O)c1ccsc1Br. The molecule has 1 aliphatic carbocycles. The highest BCUT2D eigenvalue weighted by atomic mass is 79.9. The van der Waals surface area contributed by atoms with E-state index in [9.17, 15) is 4.79 Å². The number of hydrogen-bond acceptors (Lipinski definition) is 2. The van der Waals surface area contributed by atoms with Crippen LogP contribution in [0, 0.1) is 5.92 Å². The van der Waals surface area contributed by atoms with Gasteiger partial charge in [0, 0.05) is 6.04 Å². The molecule has 1 aliphatic rings. The van der Waals surface area contributed by atoms with Gasteiger partial charge in [0.25, 0.3) is 5.91 Å². The van der Waals surface area contributed by atoms with Crippen molar-refractivity contribution in [2.45, 2.75) is 25.8 Å². The van der Waals surface area contributed by atoms with Crippen molar-refractivity contribution in [2.24, 2.45) is 5.92 Å². The first-order valence-corrected chi connectivity index (χ1v) is 6.43. The zero-order valence-electron chi connectivity index (χ0n) is 7.92. The Balaban J connectivity index is 1.94. The van der Waals surface area contributed by atoms with Crippen molar-refractivity contribution < 1.29 is 4.79 Å². The second kappa shape index (κ2) is 4.03. The molecule has 1 fully saturated rings. The lowest BCUT2D eigenvalue weighted by Gasteiger charge is -2.02. The molecule has 1 N–H and O–H groups in total. The number of carbonyl (C=O) groups is 1. The maximum absolute atomic E-state index is 11.7. The van der Waals surface area contributed by atoms with Gasteiger partial charge in [0.1, 0.15) is 0 Å². The lowest BCUT2D eigenvalue weighted by Crippen LogP contribution is -2.26. The van der Waals surface area contributed by atoms with E-state index in [1.807, 2.05) is 11.4 Å². The van der Waals surface area contributed by atoms with E-state index in [0.717, 1.165) is 22.2 Å². The van der Waals surface area contributed by atoms with Crippen LogP contribution in [0.2, 0.25) is 0 Å². The van der Waals surface area contributed by atoms with E-state index in [4.69, 9.17) is 0 Å². The van der Waals surface area contributed by atoms with Gasteiger partial charge in [-0.2, -0.15) is 0 Å². The van der Waals surface area contributed by atoms with Crippen molar-refractivity contribution in [1.82, 2.24) is 5.32 Å². The van der Waals surface area contributed by atoms with Crippen LogP contribution in [0.5, 0.6) is 0 Å². The molecule has 1 amide bonds. The number of amides is 1. The van der Waals surface area contributed by atoms with Gasteiger partial charge in [0.05, 0.1) is 9.35 Å². The van der Waals surface area contributed by atoms with Gasteiger partial charge in [-0.15, -0.1) is 11.3 Å². The van der Waals surface area contributed by atoms with Crippen LogP contribution in [0.4, 0.5) is 0 Å². The zero-order valence-corrected chi connectivity index (χ0v) is 10.3. The lowest BCUT2D eigenvalue weighted by molar-refractivity contribution is 0.0949. The summed E-state index contributed by atoms with van der Waals surface area (Å²) < 4.78 is 0.920. The Bertz CT molecular complexity index is 350. The van der Waals surface area contributed by atoms with Gasteiger partial charge in [-0.25, -0.2) is 0 Å². The molecule has 1 aromatic heterocycles. The average molecular weight is 274 g/mol. The monoisotopic (exact) mass is 273 g/mol. The van der Waals surface area contributed by atoms with E-state index in [1.54, 1.807) is 11.3 Å². The standard InChI is InChI=1S/C10H12BrNOS/c1-2-6-5-8(6)12-10(13)7-3-4-14-9(7)11/h3-4,6,8H,2,5H2,1H3,(H,12,13). The van der Waals surface area contributed by atoms with Crippen LogP contribution in [0.25, 0.3) is 0 Å². The van der Waals surface area contributed by atoms with Crippen molar-refractivity contribution in [3.05, 3.63) is 20.8 Å². The molecule has 1 heterocycles. The number of thiophene rings is 1. The fourth-order valence-corrected chi connectivity index (χ4v) is 2.82. The van der Waals surface area contributed by atoms with Crippen LogP contribution in [0.15, 0.2) is 15.2 Å². The van der Waals surface area contributed by atoms with E-state index < -0.39 is 0 Å². The second-order valence-corrected chi connectivity index (χ2v) is 5.83. The van der Waals surface area contributed by atoms with Gasteiger partial charge in [0.15, 0.2) is 0 Å². The van der Waals surface area contributed by atoms with Crippen LogP contribution in [-0.2, 0) is 0 Å². The Morgan fingerprint density at radius 3 is 3.07 bits per heavy atom. The fourth-order valence-electron chi connectivity index (χ4n) is 1.58. The van der Waals surface area contributed by atoms with E-state index in [0.29, 0.717) is 12.0 Å². The highest BCUT2D eigenvalue weighted by molar-refractivity contribution is 9.11. The first-order valence-electron chi connectivity index (χ1n) is 4.76. The molecule has 0 aromatic carbocycles. The Labute approximate surface area is 95.8 Å². The Kier molecular flexibility index (Phi) is 2.93. The van der Waals surface area contributed by atoms with Gasteiger partial charge >= 0.3 is 0 Å². The Morgan fingerprint density at radius 1 is 1.79 bits per heavy atom. The van der Waals surface area contributed by atoms with Gasteiger partial charge < -0.3 is 5.32 Å². The normalized spacial score (nSPS) is 24.7. The maximum Gasteiger partial charge on any atom is 0.253 e. The smallest absolute Gasteiger partial charge is 0.253 e. The summed E-state index contributed by atoms with van der Waals surface area (Å²) in [6, 6.07) is 2.27. The molecule has 0 aliphatic heterocycles. The number of nitrogens with one attached hydrogen (secondary N) is 1. The van der Waals surface area contributed by atoms with E-state index >= 15 is 0 Å². The molecule has 0 saturated heterocycles. The van der Waals surface area contributed by atoms with Gasteiger partial charge in [-0.1, -0.05) is 13.3 Å². The van der Waals surface area contributed by atoms with Crippen molar-refractivity contribution in [3.8, 4) is 0 Å². The number of carbonyl (C=O) groups excluding carboxylic acids is 1. The second-order valence-electron chi connectivity index (χ2n) is 3.59. The van der Waals surface area contributed by atoms with Crippen LogP contribution < -0.4 is 5.32 Å². The van der Waals surface area contributed by atoms with Gasteiger partial charge in [-0.05, 0) is 39.7 Å². The first kappa shape index (κ1) is 10.2. The highest BCUT2D eigenvalue weighted by Crippen LogP contribution is 2.34. The summed E-state index contributed by atoms with van der Waals surface area (Å²) >= 11 is 4.91. The third-order valence-corrected chi connectivity index (χ3v) is 4.31. The molecule has 76 valence electrons. The van der Waals surface area contributed by atoms with Crippen LogP contribution >= 0.6 is 27.3 Å². The molecular formula is C10H12BrNOS. The Morgan fingerprint density at radius 2 is 2.57 bits per heavy atom. The van der Waals surface area contributed by atoms with E-state index in [2.05, 4.69) is 28.2 Å². The molecule has 0 bridgehead atoms. The minimum atomic E-state index is 0.0547. The van der Waals surface area contributed by atoms with Crippen LogP contribution in [0.3, 0.4) is 0 Å². The quantitative estimate of drug-likeness (QED) is 0.901. The van der Waals surface area contributed by atoms with Crippen molar-refractivity contribution in [2.75, 3.05) is 0 Å². The summed E-state index contributed by atoms with van der Waals surface area (Å²) in [7, 11) is 0. The average Bonchev–Trinajstić information content (AvgIpc) is 2.77. The molecule has 14 heavy (non-hydrogen) atoms. The predicted octanol–water partition coefficient (Wildman–Crippen LogP) is 3.04. The molecule has 2 rings (SSSR count). The summed E-state index contributed by atoms with van der Waals surface area (Å²) in [4.78, 5) is 11.7. The zero-order chi connectivity index (χ0) is 10.1. The van der Waals surface area contributed by atoms with Crippen molar-refractivity contribution in [3.63, 3.8) is 0 Å². The third kappa shape index (κ3) is 2.01. The molecule has 0 radical (unpaired) electrons. The fraction of sp³-hybridized carbons (Fsp3) is 0.500. The van der Waals surface area contributed by atoms with Crippen LogP contribution in [-0.4, -0.2) is 11.9 Å². The maximum atomic E-state index is 11.7. The van der Waals surface area contributed by atoms with E-state index in [-0.39, 0.29) is 5.91 Å². The number of hydrogen-bond donors (Lipinski definition) is 1. The summed E-state index contributed by atoms with van der Waals surface area (Å²) in [6.07, 6.45) is 2.31. The molecule has 2 atom stereocenters. The summed E-state index contributed by atoms with van der Waals surface area (Å²) in [5.41, 5.74) is 0.761. The first-order chi connectivity index (χ1) is 6.72. The third-order valence-electron chi connectivity index (χ3n) is 2.63. The molecule has 2 nitrogen and oxygen atoms in total. The minimum Gasteiger partial charge on any atom is -0.349 e. The largest absolute Gasteiger partial charge is 0.349 e. The number of halogens is 1. The molecule has 1 saturated carbocycles. The van der Waals surface area contributed by atoms with E-state index in [1.165, 1.54) is 0 Å². The lowest BCUT2D eigenvalue weighted by atomic mass is 10.3. The topological polar surface area (TPSA) is 29.1 Å². The summed E-state index contributed by atoms with van der Waals surface area (Å²) in [5, 5.41) is 4.96. The van der Waals surface area contributed by atoms with Gasteiger partial charge in [-0.3, -0.25) is 4.79 Å². The molecular weight excluding hydrogens is 262 g/mol. The highest BCUT2D eigenvalue weighted by Gasteiger charge is 2.36. The Hall–Kier alpha value is -0.350.